The summed E-state index contributed by atoms with van der Waals surface area (Å²) in [7, 11) is 0. The van der Waals surface area contributed by atoms with E-state index >= 15 is 0 Å². The second-order valence-electron chi connectivity index (χ2n) is 6.72. The van der Waals surface area contributed by atoms with Crippen LogP contribution in [0.2, 0.25) is 0 Å². The molecule has 3 aromatic carbocycles. The summed E-state index contributed by atoms with van der Waals surface area (Å²) in [5.41, 5.74) is 3.43. The molecule has 0 saturated carbocycles. The molecule has 2 heterocycles. The minimum absolute atomic E-state index is 0.000362. The van der Waals surface area contributed by atoms with Crippen molar-refractivity contribution < 1.29 is 14.2 Å². The Hall–Kier alpha value is -3.34. The predicted octanol–water partition coefficient (Wildman–Crippen LogP) is 4.77. The number of aromatic hydroxyl groups is 1. The molecule has 2 aliphatic rings. The van der Waals surface area contributed by atoms with Gasteiger partial charge in [0, 0.05) is 23.1 Å². The zero-order chi connectivity index (χ0) is 18.4. The molecule has 27 heavy (non-hydrogen) atoms. The van der Waals surface area contributed by atoms with Gasteiger partial charge in [0.15, 0.2) is 0 Å². The third-order valence-electron chi connectivity index (χ3n) is 5.07. The summed E-state index contributed by atoms with van der Waals surface area (Å²) in [5.74, 6) is 0.733. The largest absolute Gasteiger partial charge is 0.507 e. The molecule has 0 amide bonds. The highest BCUT2D eigenvalue weighted by molar-refractivity contribution is 6.04. The van der Waals surface area contributed by atoms with Crippen LogP contribution >= 0.6 is 0 Å². The monoisotopic (exact) mass is 360 g/mol. The average Bonchev–Trinajstić information content (AvgIpc) is 3.14. The van der Waals surface area contributed by atoms with Crippen molar-refractivity contribution in [2.24, 2.45) is 5.10 Å². The first-order valence-corrected chi connectivity index (χ1v) is 8.86. The molecule has 134 valence electrons. The topological polar surface area (TPSA) is 45.1 Å². The Bertz CT molecular complexity index is 1030. The standard InChI is InChI=1S/C22H17FN2O2/c23-15-11-9-14(10-12-15)22-25-19(17-6-2-4-8-21(17)27-22)13-18(24-25)16-5-1-3-7-20(16)26/h1-12,19,22,26H,13H2/t19-,22+/m1/s1. The summed E-state index contributed by atoms with van der Waals surface area (Å²) < 4.78 is 19.6. The number of phenolic OH excluding ortho intramolecular Hbond substituents is 1. The molecule has 0 aromatic heterocycles. The van der Waals surface area contributed by atoms with Crippen LogP contribution in [0.25, 0.3) is 0 Å². The molecular formula is C22H17FN2O2. The maximum Gasteiger partial charge on any atom is 0.213 e. The number of nitrogens with zero attached hydrogens (tertiary/aromatic N) is 2. The minimum atomic E-state index is -0.450. The first-order valence-electron chi connectivity index (χ1n) is 8.86. The van der Waals surface area contributed by atoms with Gasteiger partial charge in [0.1, 0.15) is 17.3 Å². The van der Waals surface area contributed by atoms with Crippen LogP contribution in [0.4, 0.5) is 4.39 Å². The lowest BCUT2D eigenvalue weighted by Gasteiger charge is -2.38. The van der Waals surface area contributed by atoms with E-state index < -0.39 is 6.23 Å². The highest BCUT2D eigenvalue weighted by atomic mass is 19.1. The average molecular weight is 360 g/mol. The van der Waals surface area contributed by atoms with Gasteiger partial charge in [-0.05, 0) is 30.3 Å². The van der Waals surface area contributed by atoms with Crippen molar-refractivity contribution in [1.29, 1.82) is 0 Å². The molecule has 1 N–H and O–H groups in total. The van der Waals surface area contributed by atoms with Crippen LogP contribution in [0.1, 0.15) is 35.4 Å². The van der Waals surface area contributed by atoms with Gasteiger partial charge in [-0.2, -0.15) is 5.10 Å². The number of hydrogen-bond acceptors (Lipinski definition) is 4. The lowest BCUT2D eigenvalue weighted by Crippen LogP contribution is -2.33. The van der Waals surface area contributed by atoms with Crippen LogP contribution in [0.3, 0.4) is 0 Å². The van der Waals surface area contributed by atoms with E-state index in [9.17, 15) is 9.50 Å². The Morgan fingerprint density at radius 3 is 2.52 bits per heavy atom. The van der Waals surface area contributed by atoms with E-state index in [2.05, 4.69) is 0 Å². The predicted molar refractivity (Wildman–Crippen MR) is 100 cm³/mol. The van der Waals surface area contributed by atoms with Crippen LogP contribution in [-0.4, -0.2) is 15.8 Å². The number of fused-ring (bicyclic) bond motifs is 3. The van der Waals surface area contributed by atoms with Gasteiger partial charge < -0.3 is 9.84 Å². The molecule has 5 rings (SSSR count). The molecule has 3 aromatic rings. The zero-order valence-corrected chi connectivity index (χ0v) is 14.4. The first-order chi connectivity index (χ1) is 13.2. The summed E-state index contributed by atoms with van der Waals surface area (Å²) in [6, 6.07) is 21.4. The third kappa shape index (κ3) is 2.63. The zero-order valence-electron chi connectivity index (χ0n) is 14.4. The summed E-state index contributed by atoms with van der Waals surface area (Å²) in [5, 5.41) is 16.9. The molecule has 4 nitrogen and oxygen atoms in total. The third-order valence-corrected chi connectivity index (χ3v) is 5.07. The van der Waals surface area contributed by atoms with E-state index in [-0.39, 0.29) is 17.6 Å². The number of para-hydroxylation sites is 2. The van der Waals surface area contributed by atoms with Gasteiger partial charge in [-0.1, -0.05) is 42.5 Å². The van der Waals surface area contributed by atoms with E-state index in [1.165, 1.54) is 12.1 Å². The van der Waals surface area contributed by atoms with E-state index in [0.29, 0.717) is 6.42 Å². The van der Waals surface area contributed by atoms with Gasteiger partial charge in [0.05, 0.1) is 11.8 Å². The summed E-state index contributed by atoms with van der Waals surface area (Å²) in [6.45, 7) is 0. The fourth-order valence-electron chi connectivity index (χ4n) is 3.76. The van der Waals surface area contributed by atoms with Crippen molar-refractivity contribution in [3.63, 3.8) is 0 Å². The van der Waals surface area contributed by atoms with Crippen molar-refractivity contribution in [2.45, 2.75) is 18.7 Å². The van der Waals surface area contributed by atoms with Crippen LogP contribution in [-0.2, 0) is 0 Å². The van der Waals surface area contributed by atoms with E-state index in [0.717, 1.165) is 28.2 Å². The summed E-state index contributed by atoms with van der Waals surface area (Å²) in [4.78, 5) is 0. The second-order valence-corrected chi connectivity index (χ2v) is 6.72. The quantitative estimate of drug-likeness (QED) is 0.716. The van der Waals surface area contributed by atoms with Crippen molar-refractivity contribution >= 4 is 5.71 Å². The number of hydrogen-bond donors (Lipinski definition) is 1. The van der Waals surface area contributed by atoms with E-state index in [4.69, 9.17) is 9.84 Å². The lowest BCUT2D eigenvalue weighted by atomic mass is 9.95. The molecular weight excluding hydrogens is 343 g/mol. The number of halogens is 1. The first kappa shape index (κ1) is 15.9. The fraction of sp³-hybridized carbons (Fsp3) is 0.136. The molecule has 0 aliphatic carbocycles. The fourth-order valence-corrected chi connectivity index (χ4v) is 3.76. The van der Waals surface area contributed by atoms with Gasteiger partial charge in [0.2, 0.25) is 6.23 Å². The second kappa shape index (κ2) is 6.13. The smallest absolute Gasteiger partial charge is 0.213 e. The molecule has 0 fully saturated rings. The molecule has 0 radical (unpaired) electrons. The SMILES string of the molecule is Oc1ccccc1C1=NN2[C@H](C1)c1ccccc1O[C@H]2c1ccc(F)cc1. The van der Waals surface area contributed by atoms with Crippen molar-refractivity contribution in [3.05, 3.63) is 95.3 Å². The maximum atomic E-state index is 13.4. The van der Waals surface area contributed by atoms with Gasteiger partial charge in [-0.15, -0.1) is 0 Å². The van der Waals surface area contributed by atoms with Gasteiger partial charge in [-0.25, -0.2) is 9.40 Å². The molecule has 0 unspecified atom stereocenters. The van der Waals surface area contributed by atoms with E-state index in [1.54, 1.807) is 24.3 Å². The Morgan fingerprint density at radius 2 is 1.70 bits per heavy atom. The highest BCUT2D eigenvalue weighted by Gasteiger charge is 2.41. The lowest BCUT2D eigenvalue weighted by molar-refractivity contribution is -0.0190. The van der Waals surface area contributed by atoms with Crippen LogP contribution < -0.4 is 4.74 Å². The normalized spacial score (nSPS) is 20.5. The van der Waals surface area contributed by atoms with Gasteiger partial charge in [-0.3, -0.25) is 0 Å². The number of phenols is 1. The van der Waals surface area contributed by atoms with Crippen molar-refractivity contribution in [3.8, 4) is 11.5 Å². The van der Waals surface area contributed by atoms with Crippen LogP contribution in [0.5, 0.6) is 11.5 Å². The Balaban J connectivity index is 1.61. The Morgan fingerprint density at radius 1 is 0.963 bits per heavy atom. The molecule has 0 saturated heterocycles. The van der Waals surface area contributed by atoms with Crippen molar-refractivity contribution in [2.75, 3.05) is 0 Å². The van der Waals surface area contributed by atoms with Crippen LogP contribution in [0, 0.1) is 5.82 Å². The Kier molecular flexibility index (Phi) is 3.60. The van der Waals surface area contributed by atoms with E-state index in [1.807, 2.05) is 41.4 Å². The van der Waals surface area contributed by atoms with Crippen molar-refractivity contribution in [1.82, 2.24) is 5.01 Å². The maximum absolute atomic E-state index is 13.4. The van der Waals surface area contributed by atoms with Crippen LogP contribution in [0.15, 0.2) is 77.9 Å². The highest BCUT2D eigenvalue weighted by Crippen LogP contribution is 2.47. The number of ether oxygens (including phenoxy) is 1. The summed E-state index contributed by atoms with van der Waals surface area (Å²) >= 11 is 0. The van der Waals surface area contributed by atoms with Gasteiger partial charge >= 0.3 is 0 Å². The number of benzene rings is 3. The number of hydrazone groups is 1. The number of rotatable bonds is 2. The van der Waals surface area contributed by atoms with Gasteiger partial charge in [0.25, 0.3) is 0 Å². The molecule has 0 spiro atoms. The molecule has 5 heteroatoms. The minimum Gasteiger partial charge on any atom is -0.507 e. The Labute approximate surface area is 156 Å². The summed E-state index contributed by atoms with van der Waals surface area (Å²) in [6.07, 6.45) is 0.212. The molecule has 0 bridgehead atoms. The molecule has 2 atom stereocenters. The molecule has 2 aliphatic heterocycles.